The Balaban J connectivity index is 2.17. The number of hydrogen-bond donors (Lipinski definition) is 1. The smallest absolute Gasteiger partial charge is 0.248 e. The van der Waals surface area contributed by atoms with E-state index in [1.807, 2.05) is 57.2 Å². The van der Waals surface area contributed by atoms with Gasteiger partial charge in [-0.1, -0.05) is 34.1 Å². The van der Waals surface area contributed by atoms with Gasteiger partial charge >= 0.3 is 0 Å². The van der Waals surface area contributed by atoms with Gasteiger partial charge in [-0.3, -0.25) is 4.79 Å². The number of carbonyl (C=O) groups excluding carboxylic acids is 1. The molecule has 0 aromatic heterocycles. The zero-order chi connectivity index (χ0) is 16.8. The second-order valence-electron chi connectivity index (χ2n) is 5.20. The van der Waals surface area contributed by atoms with Gasteiger partial charge in [-0.25, -0.2) is 0 Å². The van der Waals surface area contributed by atoms with Crippen molar-refractivity contribution in [2.24, 2.45) is 0 Å². The first-order chi connectivity index (χ1) is 11.0. The highest BCUT2D eigenvalue weighted by molar-refractivity contribution is 9.10. The predicted molar refractivity (Wildman–Crippen MR) is 98.9 cm³/mol. The highest BCUT2D eigenvalue weighted by atomic mass is 79.9. The van der Waals surface area contributed by atoms with E-state index >= 15 is 0 Å². The number of carbonyl (C=O) groups is 1. The summed E-state index contributed by atoms with van der Waals surface area (Å²) in [6.07, 6.45) is 3.29. The Kier molecular flexibility index (Phi) is 5.99. The molecule has 4 heteroatoms. The van der Waals surface area contributed by atoms with Crippen molar-refractivity contribution < 1.29 is 9.53 Å². The van der Waals surface area contributed by atoms with Crippen LogP contribution in [0.25, 0.3) is 6.08 Å². The third-order valence-corrected chi connectivity index (χ3v) is 3.91. The van der Waals surface area contributed by atoms with Crippen molar-refractivity contribution in [1.29, 1.82) is 0 Å². The van der Waals surface area contributed by atoms with E-state index in [1.165, 1.54) is 6.08 Å². The number of benzene rings is 2. The van der Waals surface area contributed by atoms with Gasteiger partial charge in [0.2, 0.25) is 5.91 Å². The minimum absolute atomic E-state index is 0.162. The first-order valence-electron chi connectivity index (χ1n) is 7.49. The SMILES string of the molecule is CCOc1ccc(Br)cc1C=CC(=O)Nc1c(C)cccc1C. The lowest BCUT2D eigenvalue weighted by atomic mass is 10.1. The maximum absolute atomic E-state index is 12.2. The number of amides is 1. The fraction of sp³-hybridized carbons (Fsp3) is 0.211. The lowest BCUT2D eigenvalue weighted by molar-refractivity contribution is -0.111. The molecule has 0 heterocycles. The Hall–Kier alpha value is -2.07. The predicted octanol–water partition coefficient (Wildman–Crippen LogP) is 5.12. The van der Waals surface area contributed by atoms with Crippen LogP contribution in [0.1, 0.15) is 23.6 Å². The molecule has 2 aromatic carbocycles. The number of hydrogen-bond acceptors (Lipinski definition) is 2. The number of halogens is 1. The number of rotatable bonds is 5. The van der Waals surface area contributed by atoms with Crippen LogP contribution in [0, 0.1) is 13.8 Å². The van der Waals surface area contributed by atoms with Gasteiger partial charge in [0.1, 0.15) is 5.75 Å². The molecule has 0 saturated carbocycles. The summed E-state index contributed by atoms with van der Waals surface area (Å²) in [4.78, 5) is 12.2. The van der Waals surface area contributed by atoms with Crippen LogP contribution in [0.5, 0.6) is 5.75 Å². The lowest BCUT2D eigenvalue weighted by Gasteiger charge is -2.10. The van der Waals surface area contributed by atoms with E-state index in [-0.39, 0.29) is 5.91 Å². The van der Waals surface area contributed by atoms with Crippen molar-refractivity contribution in [3.63, 3.8) is 0 Å². The van der Waals surface area contributed by atoms with E-state index in [1.54, 1.807) is 6.08 Å². The van der Waals surface area contributed by atoms with Crippen molar-refractivity contribution in [1.82, 2.24) is 0 Å². The summed E-state index contributed by atoms with van der Waals surface area (Å²) in [6.45, 7) is 6.47. The Morgan fingerprint density at radius 2 is 1.91 bits per heavy atom. The molecule has 3 nitrogen and oxygen atoms in total. The minimum atomic E-state index is -0.162. The minimum Gasteiger partial charge on any atom is -0.493 e. The fourth-order valence-corrected chi connectivity index (χ4v) is 2.66. The average Bonchev–Trinajstić information content (AvgIpc) is 2.51. The first kappa shape index (κ1) is 17.3. The highest BCUT2D eigenvalue weighted by Gasteiger charge is 2.06. The molecular weight excluding hydrogens is 354 g/mol. The maximum Gasteiger partial charge on any atom is 0.248 e. The van der Waals surface area contributed by atoms with Gasteiger partial charge in [0.25, 0.3) is 0 Å². The van der Waals surface area contributed by atoms with Crippen molar-refractivity contribution >= 4 is 33.6 Å². The molecule has 0 aliphatic heterocycles. The van der Waals surface area contributed by atoms with Crippen molar-refractivity contribution in [2.75, 3.05) is 11.9 Å². The number of anilines is 1. The Morgan fingerprint density at radius 1 is 1.22 bits per heavy atom. The molecule has 0 bridgehead atoms. The first-order valence-corrected chi connectivity index (χ1v) is 8.28. The number of ether oxygens (including phenoxy) is 1. The van der Waals surface area contributed by atoms with Gasteiger partial charge in [-0.15, -0.1) is 0 Å². The molecule has 0 radical (unpaired) electrons. The van der Waals surface area contributed by atoms with Crippen LogP contribution >= 0.6 is 15.9 Å². The Bertz CT molecular complexity index is 718. The molecule has 0 spiro atoms. The summed E-state index contributed by atoms with van der Waals surface area (Å²) in [5.74, 6) is 0.594. The largest absolute Gasteiger partial charge is 0.493 e. The zero-order valence-corrected chi connectivity index (χ0v) is 15.1. The van der Waals surface area contributed by atoms with Gasteiger partial charge in [-0.2, -0.15) is 0 Å². The van der Waals surface area contributed by atoms with E-state index in [4.69, 9.17) is 4.74 Å². The monoisotopic (exact) mass is 373 g/mol. The quantitative estimate of drug-likeness (QED) is 0.738. The second-order valence-corrected chi connectivity index (χ2v) is 6.12. The molecule has 0 aliphatic rings. The van der Waals surface area contributed by atoms with Crippen LogP contribution in [-0.4, -0.2) is 12.5 Å². The number of para-hydroxylation sites is 1. The van der Waals surface area contributed by atoms with Gasteiger partial charge in [0.15, 0.2) is 0 Å². The molecule has 0 fully saturated rings. The second kappa shape index (κ2) is 7.97. The normalized spacial score (nSPS) is 10.8. The maximum atomic E-state index is 12.2. The summed E-state index contributed by atoms with van der Waals surface area (Å²) in [6, 6.07) is 11.7. The molecule has 120 valence electrons. The molecule has 2 rings (SSSR count). The molecule has 23 heavy (non-hydrogen) atoms. The molecule has 2 aromatic rings. The Morgan fingerprint density at radius 3 is 2.57 bits per heavy atom. The van der Waals surface area contributed by atoms with Crippen molar-refractivity contribution in [3.8, 4) is 5.75 Å². The molecule has 0 atom stereocenters. The highest BCUT2D eigenvalue weighted by Crippen LogP contribution is 2.25. The van der Waals surface area contributed by atoms with Crippen molar-refractivity contribution in [2.45, 2.75) is 20.8 Å². The van der Waals surface area contributed by atoms with Gasteiger partial charge in [-0.05, 0) is 56.2 Å². The van der Waals surface area contributed by atoms with Gasteiger partial charge < -0.3 is 10.1 Å². The summed E-state index contributed by atoms with van der Waals surface area (Å²) in [7, 11) is 0. The van der Waals surface area contributed by atoms with Crippen LogP contribution in [0.2, 0.25) is 0 Å². The summed E-state index contributed by atoms with van der Waals surface area (Å²) in [5.41, 5.74) is 3.81. The molecule has 1 amide bonds. The summed E-state index contributed by atoms with van der Waals surface area (Å²) < 4.78 is 6.52. The summed E-state index contributed by atoms with van der Waals surface area (Å²) >= 11 is 3.44. The third-order valence-electron chi connectivity index (χ3n) is 3.42. The zero-order valence-electron chi connectivity index (χ0n) is 13.5. The van der Waals surface area contributed by atoms with E-state index in [2.05, 4.69) is 21.2 Å². The van der Waals surface area contributed by atoms with Crippen LogP contribution in [-0.2, 0) is 4.79 Å². The van der Waals surface area contributed by atoms with Crippen LogP contribution < -0.4 is 10.1 Å². The fourth-order valence-electron chi connectivity index (χ4n) is 2.28. The lowest BCUT2D eigenvalue weighted by Crippen LogP contribution is -2.10. The van der Waals surface area contributed by atoms with E-state index in [9.17, 15) is 4.79 Å². The van der Waals surface area contributed by atoms with E-state index in [0.717, 1.165) is 32.6 Å². The third kappa shape index (κ3) is 4.70. The molecule has 0 aliphatic carbocycles. The van der Waals surface area contributed by atoms with E-state index in [0.29, 0.717) is 6.61 Å². The van der Waals surface area contributed by atoms with Gasteiger partial charge in [0.05, 0.1) is 6.61 Å². The molecule has 0 saturated heterocycles. The van der Waals surface area contributed by atoms with Gasteiger partial charge in [0, 0.05) is 21.8 Å². The number of nitrogens with one attached hydrogen (secondary N) is 1. The number of aryl methyl sites for hydroxylation is 2. The average molecular weight is 374 g/mol. The van der Waals surface area contributed by atoms with Crippen LogP contribution in [0.4, 0.5) is 5.69 Å². The topological polar surface area (TPSA) is 38.3 Å². The molecule has 1 N–H and O–H groups in total. The standard InChI is InChI=1S/C19H20BrNO2/c1-4-23-17-10-9-16(20)12-15(17)8-11-18(22)21-19-13(2)6-5-7-14(19)3/h5-12H,4H2,1-3H3,(H,21,22). The van der Waals surface area contributed by atoms with Crippen LogP contribution in [0.15, 0.2) is 46.9 Å². The molecule has 0 unspecified atom stereocenters. The Labute approximate surface area is 145 Å². The van der Waals surface area contributed by atoms with Crippen molar-refractivity contribution in [3.05, 3.63) is 63.6 Å². The summed E-state index contributed by atoms with van der Waals surface area (Å²) in [5, 5.41) is 2.94. The van der Waals surface area contributed by atoms with E-state index < -0.39 is 0 Å². The van der Waals surface area contributed by atoms with Crippen LogP contribution in [0.3, 0.4) is 0 Å². The molecular formula is C19H20BrNO2.